The third-order valence-electron chi connectivity index (χ3n) is 5.43. The number of hydrogen-bond acceptors (Lipinski definition) is 3. The van der Waals surface area contributed by atoms with Crippen LogP contribution in [0, 0.1) is 0 Å². The highest BCUT2D eigenvalue weighted by atomic mass is 35.5. The molecule has 0 amide bonds. The van der Waals surface area contributed by atoms with E-state index in [2.05, 4.69) is 39.8 Å². The summed E-state index contributed by atoms with van der Waals surface area (Å²) in [6, 6.07) is 25.6. The number of halogens is 1. The molecular weight excluding hydrogens is 406 g/mol. The van der Waals surface area contributed by atoms with Crippen LogP contribution in [0.1, 0.15) is 17.5 Å². The van der Waals surface area contributed by atoms with E-state index in [0.29, 0.717) is 17.0 Å². The third-order valence-corrected chi connectivity index (χ3v) is 5.66. The van der Waals surface area contributed by atoms with Crippen molar-refractivity contribution in [3.05, 3.63) is 111 Å². The highest BCUT2D eigenvalue weighted by molar-refractivity contribution is 6.31. The van der Waals surface area contributed by atoms with Crippen LogP contribution in [0.2, 0.25) is 5.02 Å². The molecule has 4 nitrogen and oxygen atoms in total. The van der Waals surface area contributed by atoms with Crippen LogP contribution in [-0.2, 0) is 0 Å². The normalized spacial score (nSPS) is 15.9. The first-order chi connectivity index (χ1) is 15.2. The standard InChI is InChI=1S/C26H20ClN3O/c27-19-12-14-22-21(15-19)24(18-9-5-2-6-10-18)25(26(31)28-22)23-16-20(29-30-23)13-11-17-7-3-1-4-8-17/h1-15,20,29H,16H2,(H,28,31)/b13-11+/t20-/m1/s1. The van der Waals surface area contributed by atoms with Crippen LogP contribution >= 0.6 is 11.6 Å². The van der Waals surface area contributed by atoms with Crippen LogP contribution in [0.25, 0.3) is 28.1 Å². The van der Waals surface area contributed by atoms with Crippen LogP contribution < -0.4 is 11.0 Å². The summed E-state index contributed by atoms with van der Waals surface area (Å²) < 4.78 is 0. The molecule has 4 aromatic rings. The van der Waals surface area contributed by atoms with E-state index in [4.69, 9.17) is 11.6 Å². The second-order valence-corrected chi connectivity index (χ2v) is 7.96. The molecule has 3 aromatic carbocycles. The van der Waals surface area contributed by atoms with E-state index in [1.165, 1.54) is 0 Å². The quantitative estimate of drug-likeness (QED) is 0.445. The Bertz CT molecular complexity index is 1360. The lowest BCUT2D eigenvalue weighted by Crippen LogP contribution is -2.21. The first kappa shape index (κ1) is 19.3. The molecule has 0 fully saturated rings. The van der Waals surface area contributed by atoms with Gasteiger partial charge >= 0.3 is 0 Å². The van der Waals surface area contributed by atoms with Crippen molar-refractivity contribution in [3.8, 4) is 11.1 Å². The van der Waals surface area contributed by atoms with Gasteiger partial charge in [0.25, 0.3) is 5.56 Å². The van der Waals surface area contributed by atoms with Crippen LogP contribution in [0.15, 0.2) is 94.8 Å². The van der Waals surface area contributed by atoms with Crippen molar-refractivity contribution in [2.24, 2.45) is 5.10 Å². The molecule has 1 aliphatic heterocycles. The zero-order valence-electron chi connectivity index (χ0n) is 16.7. The second-order valence-electron chi connectivity index (χ2n) is 7.53. The molecule has 1 aromatic heterocycles. The minimum Gasteiger partial charge on any atom is -0.321 e. The summed E-state index contributed by atoms with van der Waals surface area (Å²) in [5, 5.41) is 6.06. The van der Waals surface area contributed by atoms with Gasteiger partial charge in [-0.2, -0.15) is 5.10 Å². The molecule has 0 spiro atoms. The molecule has 5 heteroatoms. The maximum Gasteiger partial charge on any atom is 0.258 e. The third kappa shape index (κ3) is 3.90. The number of fused-ring (bicyclic) bond motifs is 1. The van der Waals surface area contributed by atoms with Crippen LogP contribution in [0.5, 0.6) is 0 Å². The smallest absolute Gasteiger partial charge is 0.258 e. The van der Waals surface area contributed by atoms with Crippen molar-refractivity contribution >= 4 is 34.3 Å². The van der Waals surface area contributed by atoms with E-state index >= 15 is 0 Å². The fraction of sp³-hybridized carbons (Fsp3) is 0.0769. The number of hydrazone groups is 1. The van der Waals surface area contributed by atoms with Gasteiger partial charge in [-0.05, 0) is 29.3 Å². The second kappa shape index (κ2) is 8.25. The van der Waals surface area contributed by atoms with E-state index in [1.54, 1.807) is 6.07 Å². The first-order valence-corrected chi connectivity index (χ1v) is 10.5. The molecule has 5 rings (SSSR count). The lowest BCUT2D eigenvalue weighted by Gasteiger charge is -2.13. The number of aromatic nitrogens is 1. The fourth-order valence-electron chi connectivity index (χ4n) is 3.97. The minimum absolute atomic E-state index is 0.0216. The molecule has 2 N–H and O–H groups in total. The van der Waals surface area contributed by atoms with Gasteiger partial charge in [-0.1, -0.05) is 84.4 Å². The Morgan fingerprint density at radius 1 is 0.935 bits per heavy atom. The van der Waals surface area contributed by atoms with Gasteiger partial charge in [0, 0.05) is 27.9 Å². The van der Waals surface area contributed by atoms with Crippen molar-refractivity contribution in [3.63, 3.8) is 0 Å². The zero-order valence-corrected chi connectivity index (χ0v) is 17.4. The van der Waals surface area contributed by atoms with Gasteiger partial charge in [-0.15, -0.1) is 0 Å². The van der Waals surface area contributed by atoms with Gasteiger partial charge in [0.05, 0.1) is 17.3 Å². The first-order valence-electron chi connectivity index (χ1n) is 10.2. The Kier molecular flexibility index (Phi) is 5.14. The van der Waals surface area contributed by atoms with Crippen molar-refractivity contribution < 1.29 is 0 Å². The maximum absolute atomic E-state index is 13.2. The largest absolute Gasteiger partial charge is 0.321 e. The number of benzene rings is 3. The number of hydrogen-bond donors (Lipinski definition) is 2. The monoisotopic (exact) mass is 425 g/mol. The number of H-pyrrole nitrogens is 1. The summed E-state index contributed by atoms with van der Waals surface area (Å²) >= 11 is 6.31. The Labute approximate surface area is 184 Å². The average molecular weight is 426 g/mol. The number of rotatable bonds is 4. The van der Waals surface area contributed by atoms with Crippen LogP contribution in [0.4, 0.5) is 0 Å². The Morgan fingerprint density at radius 3 is 2.45 bits per heavy atom. The van der Waals surface area contributed by atoms with Gasteiger partial charge in [0.15, 0.2) is 0 Å². The Morgan fingerprint density at radius 2 is 1.68 bits per heavy atom. The SMILES string of the molecule is O=c1[nH]c2ccc(Cl)cc2c(-c2ccccc2)c1C1=NN[C@H](/C=C/c2ccccc2)C1. The van der Waals surface area contributed by atoms with Gasteiger partial charge in [0.1, 0.15) is 0 Å². The van der Waals surface area contributed by atoms with Gasteiger partial charge < -0.3 is 10.4 Å². The maximum atomic E-state index is 13.2. The molecule has 152 valence electrons. The molecule has 31 heavy (non-hydrogen) atoms. The number of pyridine rings is 1. The summed E-state index contributed by atoms with van der Waals surface area (Å²) in [5.74, 6) is 0. The lowest BCUT2D eigenvalue weighted by atomic mass is 9.92. The Balaban J connectivity index is 1.58. The fourth-order valence-corrected chi connectivity index (χ4v) is 4.14. The molecule has 2 heterocycles. The van der Waals surface area contributed by atoms with E-state index in [-0.39, 0.29) is 11.6 Å². The lowest BCUT2D eigenvalue weighted by molar-refractivity contribution is 0.694. The summed E-state index contributed by atoms with van der Waals surface area (Å²) in [7, 11) is 0. The molecule has 0 saturated carbocycles. The number of aromatic amines is 1. The van der Waals surface area contributed by atoms with E-state index < -0.39 is 0 Å². The molecule has 1 aliphatic rings. The zero-order chi connectivity index (χ0) is 21.2. The van der Waals surface area contributed by atoms with E-state index in [0.717, 1.165) is 33.3 Å². The predicted molar refractivity (Wildman–Crippen MR) is 129 cm³/mol. The van der Waals surface area contributed by atoms with Crippen LogP contribution in [0.3, 0.4) is 0 Å². The van der Waals surface area contributed by atoms with E-state index in [1.807, 2.05) is 60.7 Å². The van der Waals surface area contributed by atoms with Gasteiger partial charge in [-0.25, -0.2) is 0 Å². The predicted octanol–water partition coefficient (Wildman–Crippen LogP) is 5.63. The number of nitrogens with one attached hydrogen (secondary N) is 2. The molecule has 0 radical (unpaired) electrons. The van der Waals surface area contributed by atoms with Gasteiger partial charge in [-0.3, -0.25) is 4.79 Å². The van der Waals surface area contributed by atoms with Crippen molar-refractivity contribution in [2.75, 3.05) is 0 Å². The van der Waals surface area contributed by atoms with Gasteiger partial charge in [0.2, 0.25) is 0 Å². The summed E-state index contributed by atoms with van der Waals surface area (Å²) in [5.41, 5.74) is 8.04. The summed E-state index contributed by atoms with van der Waals surface area (Å²) in [6.07, 6.45) is 4.77. The average Bonchev–Trinajstić information content (AvgIpc) is 3.27. The molecule has 0 saturated heterocycles. The molecule has 0 bridgehead atoms. The highest BCUT2D eigenvalue weighted by Gasteiger charge is 2.24. The highest BCUT2D eigenvalue weighted by Crippen LogP contribution is 2.32. The molecule has 1 atom stereocenters. The molecular formula is C26H20ClN3O. The van der Waals surface area contributed by atoms with Crippen molar-refractivity contribution in [1.82, 2.24) is 10.4 Å². The van der Waals surface area contributed by atoms with Crippen molar-refractivity contribution in [1.29, 1.82) is 0 Å². The van der Waals surface area contributed by atoms with Crippen molar-refractivity contribution in [2.45, 2.75) is 12.5 Å². The summed E-state index contributed by atoms with van der Waals surface area (Å²) in [4.78, 5) is 16.2. The summed E-state index contributed by atoms with van der Waals surface area (Å²) in [6.45, 7) is 0. The minimum atomic E-state index is -0.151. The molecule has 0 aliphatic carbocycles. The molecule has 0 unspecified atom stereocenters. The Hall–Kier alpha value is -3.63. The topological polar surface area (TPSA) is 57.2 Å². The number of nitrogens with zero attached hydrogens (tertiary/aromatic N) is 1. The van der Waals surface area contributed by atoms with Crippen LogP contribution in [-0.4, -0.2) is 16.7 Å². The van der Waals surface area contributed by atoms with E-state index in [9.17, 15) is 4.79 Å².